The van der Waals surface area contributed by atoms with Gasteiger partial charge in [-0.2, -0.15) is 0 Å². The maximum absolute atomic E-state index is 12.2. The van der Waals surface area contributed by atoms with E-state index in [2.05, 4.69) is 5.32 Å². The van der Waals surface area contributed by atoms with Gasteiger partial charge in [0, 0.05) is 18.8 Å². The van der Waals surface area contributed by atoms with Crippen LogP contribution in [0, 0.1) is 12.8 Å². The second kappa shape index (κ2) is 5.94. The number of aryl methyl sites for hydroxylation is 1. The molecular weight excluding hydrogens is 256 g/mol. The summed E-state index contributed by atoms with van der Waals surface area (Å²) < 4.78 is 0. The first-order valence-electron chi connectivity index (χ1n) is 6.80. The summed E-state index contributed by atoms with van der Waals surface area (Å²) in [5, 5.41) is 11.8. The molecule has 0 saturated heterocycles. The molecule has 0 heterocycles. The molecule has 1 unspecified atom stereocenters. The van der Waals surface area contributed by atoms with Crippen molar-refractivity contribution < 1.29 is 14.7 Å². The van der Waals surface area contributed by atoms with Crippen LogP contribution in [0.5, 0.6) is 0 Å². The van der Waals surface area contributed by atoms with Gasteiger partial charge in [-0.25, -0.2) is 4.79 Å². The summed E-state index contributed by atoms with van der Waals surface area (Å²) in [5.74, 6) is -0.568. The molecule has 2 N–H and O–H groups in total. The van der Waals surface area contributed by atoms with Gasteiger partial charge in [-0.05, 0) is 37.3 Å². The standard InChI is InChI=1S/C15H20N2O3/c1-10-5-3-4-6-13(10)17(2)15(20)16-12(9-14(18)19)11-7-8-11/h3-6,11-12H,7-9H2,1-2H3,(H,16,20)(H,18,19). The average molecular weight is 276 g/mol. The zero-order valence-electron chi connectivity index (χ0n) is 11.8. The van der Waals surface area contributed by atoms with Crippen LogP contribution < -0.4 is 10.2 Å². The summed E-state index contributed by atoms with van der Waals surface area (Å²) >= 11 is 0. The number of aliphatic carboxylic acids is 1. The molecule has 0 spiro atoms. The molecule has 0 aromatic heterocycles. The largest absolute Gasteiger partial charge is 0.481 e. The SMILES string of the molecule is Cc1ccccc1N(C)C(=O)NC(CC(=O)O)C1CC1. The van der Waals surface area contributed by atoms with Gasteiger partial charge >= 0.3 is 12.0 Å². The Morgan fingerprint density at radius 2 is 2.05 bits per heavy atom. The van der Waals surface area contributed by atoms with E-state index in [0.29, 0.717) is 5.92 Å². The Balaban J connectivity index is 2.03. The molecule has 0 bridgehead atoms. The molecule has 1 aromatic carbocycles. The van der Waals surface area contributed by atoms with E-state index in [9.17, 15) is 9.59 Å². The topological polar surface area (TPSA) is 69.6 Å². The fraction of sp³-hybridized carbons (Fsp3) is 0.467. The Labute approximate surface area is 118 Å². The summed E-state index contributed by atoms with van der Waals surface area (Å²) in [5.41, 5.74) is 1.83. The quantitative estimate of drug-likeness (QED) is 0.867. The molecule has 5 heteroatoms. The highest BCUT2D eigenvalue weighted by atomic mass is 16.4. The number of benzene rings is 1. The number of nitrogens with zero attached hydrogens (tertiary/aromatic N) is 1. The zero-order chi connectivity index (χ0) is 14.7. The van der Waals surface area contributed by atoms with E-state index in [4.69, 9.17) is 5.11 Å². The summed E-state index contributed by atoms with van der Waals surface area (Å²) in [6.07, 6.45) is 1.97. The van der Waals surface area contributed by atoms with Crippen molar-refractivity contribution in [2.75, 3.05) is 11.9 Å². The van der Waals surface area contributed by atoms with E-state index in [-0.39, 0.29) is 18.5 Å². The van der Waals surface area contributed by atoms with Gasteiger partial charge in [0.2, 0.25) is 0 Å². The minimum absolute atomic E-state index is 0.0159. The highest BCUT2D eigenvalue weighted by Gasteiger charge is 2.34. The number of rotatable bonds is 5. The molecule has 2 rings (SSSR count). The van der Waals surface area contributed by atoms with E-state index in [0.717, 1.165) is 24.1 Å². The lowest BCUT2D eigenvalue weighted by Crippen LogP contribution is -2.45. The third-order valence-electron chi connectivity index (χ3n) is 3.68. The van der Waals surface area contributed by atoms with E-state index in [1.807, 2.05) is 31.2 Å². The molecule has 0 aliphatic heterocycles. The van der Waals surface area contributed by atoms with Gasteiger partial charge in [-0.3, -0.25) is 9.69 Å². The van der Waals surface area contributed by atoms with E-state index < -0.39 is 5.97 Å². The van der Waals surface area contributed by atoms with Crippen molar-refractivity contribution in [2.24, 2.45) is 5.92 Å². The fourth-order valence-electron chi connectivity index (χ4n) is 2.33. The van der Waals surface area contributed by atoms with E-state index >= 15 is 0 Å². The van der Waals surface area contributed by atoms with Crippen LogP contribution in [0.25, 0.3) is 0 Å². The van der Waals surface area contributed by atoms with Crippen molar-refractivity contribution in [1.29, 1.82) is 0 Å². The van der Waals surface area contributed by atoms with Crippen LogP contribution in [-0.4, -0.2) is 30.2 Å². The highest BCUT2D eigenvalue weighted by molar-refractivity contribution is 5.92. The fourth-order valence-corrected chi connectivity index (χ4v) is 2.33. The summed E-state index contributed by atoms with van der Waals surface area (Å²) in [7, 11) is 1.70. The Bertz CT molecular complexity index is 512. The van der Waals surface area contributed by atoms with Crippen LogP contribution in [0.15, 0.2) is 24.3 Å². The maximum Gasteiger partial charge on any atom is 0.321 e. The zero-order valence-corrected chi connectivity index (χ0v) is 11.8. The molecule has 20 heavy (non-hydrogen) atoms. The second-order valence-electron chi connectivity index (χ2n) is 5.34. The number of carboxylic acids is 1. The van der Waals surface area contributed by atoms with Crippen molar-refractivity contribution in [3.63, 3.8) is 0 Å². The van der Waals surface area contributed by atoms with Crippen LogP contribution in [0.3, 0.4) is 0 Å². The smallest absolute Gasteiger partial charge is 0.321 e. The minimum Gasteiger partial charge on any atom is -0.481 e. The number of urea groups is 1. The van der Waals surface area contributed by atoms with E-state index in [1.54, 1.807) is 7.05 Å². The predicted molar refractivity (Wildman–Crippen MR) is 76.9 cm³/mol. The third-order valence-corrected chi connectivity index (χ3v) is 3.68. The Kier molecular flexibility index (Phi) is 4.27. The van der Waals surface area contributed by atoms with Gasteiger partial charge in [0.25, 0.3) is 0 Å². The number of anilines is 1. The number of carboxylic acid groups (broad SMARTS) is 1. The predicted octanol–water partition coefficient (Wildman–Crippen LogP) is 2.39. The molecule has 5 nitrogen and oxygen atoms in total. The summed E-state index contributed by atoms with van der Waals surface area (Å²) in [6.45, 7) is 1.94. The van der Waals surface area contributed by atoms with Crippen molar-refractivity contribution in [2.45, 2.75) is 32.2 Å². The van der Waals surface area contributed by atoms with Gasteiger partial charge < -0.3 is 10.4 Å². The summed E-state index contributed by atoms with van der Waals surface area (Å²) in [6, 6.07) is 7.08. The molecule has 1 saturated carbocycles. The van der Waals surface area contributed by atoms with Gasteiger partial charge in [0.1, 0.15) is 0 Å². The van der Waals surface area contributed by atoms with Crippen molar-refractivity contribution in [3.05, 3.63) is 29.8 Å². The van der Waals surface area contributed by atoms with Crippen LogP contribution >= 0.6 is 0 Å². The third kappa shape index (κ3) is 3.50. The van der Waals surface area contributed by atoms with Crippen LogP contribution in [-0.2, 0) is 4.79 Å². The average Bonchev–Trinajstić information content (AvgIpc) is 3.21. The number of carbonyl (C=O) groups is 2. The van der Waals surface area contributed by atoms with Gasteiger partial charge in [-0.1, -0.05) is 18.2 Å². The lowest BCUT2D eigenvalue weighted by molar-refractivity contribution is -0.137. The number of carbonyl (C=O) groups excluding carboxylic acids is 1. The number of para-hydroxylation sites is 1. The number of amides is 2. The van der Waals surface area contributed by atoms with Crippen LogP contribution in [0.4, 0.5) is 10.5 Å². The van der Waals surface area contributed by atoms with Gasteiger partial charge in [0.15, 0.2) is 0 Å². The Morgan fingerprint density at radius 3 is 2.60 bits per heavy atom. The number of hydrogen-bond acceptors (Lipinski definition) is 2. The highest BCUT2D eigenvalue weighted by Crippen LogP contribution is 2.34. The molecule has 1 aliphatic carbocycles. The molecule has 108 valence electrons. The number of hydrogen-bond donors (Lipinski definition) is 2. The van der Waals surface area contributed by atoms with Crippen molar-refractivity contribution in [1.82, 2.24) is 5.32 Å². The van der Waals surface area contributed by atoms with Crippen LogP contribution in [0.1, 0.15) is 24.8 Å². The molecule has 1 fully saturated rings. The normalized spacial score (nSPS) is 15.5. The monoisotopic (exact) mass is 276 g/mol. The van der Waals surface area contributed by atoms with Crippen molar-refractivity contribution in [3.8, 4) is 0 Å². The molecule has 1 aromatic rings. The minimum atomic E-state index is -0.874. The molecular formula is C15H20N2O3. The first-order chi connectivity index (χ1) is 9.49. The second-order valence-corrected chi connectivity index (χ2v) is 5.34. The Morgan fingerprint density at radius 1 is 1.40 bits per heavy atom. The molecule has 0 radical (unpaired) electrons. The summed E-state index contributed by atoms with van der Waals surface area (Å²) in [4.78, 5) is 24.6. The first kappa shape index (κ1) is 14.4. The first-order valence-corrected chi connectivity index (χ1v) is 6.80. The Hall–Kier alpha value is -2.04. The lowest BCUT2D eigenvalue weighted by atomic mass is 10.1. The lowest BCUT2D eigenvalue weighted by Gasteiger charge is -2.24. The molecule has 1 aliphatic rings. The van der Waals surface area contributed by atoms with Gasteiger partial charge in [0.05, 0.1) is 6.42 Å². The van der Waals surface area contributed by atoms with Crippen molar-refractivity contribution >= 4 is 17.7 Å². The van der Waals surface area contributed by atoms with Gasteiger partial charge in [-0.15, -0.1) is 0 Å². The molecule has 2 amide bonds. The number of nitrogens with one attached hydrogen (secondary N) is 1. The maximum atomic E-state index is 12.2. The molecule has 1 atom stereocenters. The van der Waals surface area contributed by atoms with Crippen LogP contribution in [0.2, 0.25) is 0 Å². The van der Waals surface area contributed by atoms with E-state index in [1.165, 1.54) is 4.90 Å².